The molecule has 1 aliphatic heterocycles. The molecule has 1 fully saturated rings. The van der Waals surface area contributed by atoms with E-state index in [2.05, 4.69) is 9.71 Å². The molecule has 2 aromatic rings. The van der Waals surface area contributed by atoms with Crippen molar-refractivity contribution in [3.05, 3.63) is 39.0 Å². The van der Waals surface area contributed by atoms with Crippen LogP contribution in [0.25, 0.3) is 10.9 Å². The lowest BCUT2D eigenvalue weighted by Crippen LogP contribution is -2.43. The van der Waals surface area contributed by atoms with Gasteiger partial charge in [0.1, 0.15) is 6.04 Å². The van der Waals surface area contributed by atoms with E-state index < -0.39 is 39.1 Å². The largest absolute Gasteiger partial charge is 0.326 e. The topological polar surface area (TPSA) is 149 Å². The molecule has 1 atom stereocenters. The van der Waals surface area contributed by atoms with Gasteiger partial charge in [-0.1, -0.05) is 0 Å². The number of aromatic nitrogens is 2. The molecule has 1 unspecified atom stereocenters. The molecule has 1 saturated heterocycles. The minimum atomic E-state index is -4.16. The molecular formula is C15H16N4O6S. The SMILES string of the molecule is CC(C)N1C(=O)CC(NS(=O)(=O)c2ccc3[nH]c(=O)[nH]c(=O)c3c2)C1=O. The van der Waals surface area contributed by atoms with E-state index in [4.69, 9.17) is 0 Å². The predicted octanol–water partition coefficient (Wildman–Crippen LogP) is -0.969. The van der Waals surface area contributed by atoms with Gasteiger partial charge in [0.05, 0.1) is 22.2 Å². The summed E-state index contributed by atoms with van der Waals surface area (Å²) in [6.07, 6.45) is -0.266. The summed E-state index contributed by atoms with van der Waals surface area (Å²) in [5.74, 6) is -1.07. The third kappa shape index (κ3) is 3.06. The number of amides is 2. The van der Waals surface area contributed by atoms with Gasteiger partial charge in [-0.2, -0.15) is 4.72 Å². The van der Waals surface area contributed by atoms with Gasteiger partial charge in [0.25, 0.3) is 5.56 Å². The highest BCUT2D eigenvalue weighted by Gasteiger charge is 2.42. The summed E-state index contributed by atoms with van der Waals surface area (Å²) in [5.41, 5.74) is -1.27. The van der Waals surface area contributed by atoms with Crippen molar-refractivity contribution in [2.24, 2.45) is 0 Å². The summed E-state index contributed by atoms with van der Waals surface area (Å²) < 4.78 is 27.3. The first-order chi connectivity index (χ1) is 12.1. The van der Waals surface area contributed by atoms with E-state index >= 15 is 0 Å². The third-order valence-corrected chi connectivity index (χ3v) is 5.49. The van der Waals surface area contributed by atoms with E-state index in [1.54, 1.807) is 13.8 Å². The van der Waals surface area contributed by atoms with Crippen LogP contribution in [0.15, 0.2) is 32.7 Å². The lowest BCUT2D eigenvalue weighted by molar-refractivity contribution is -0.140. The fraction of sp³-hybridized carbons (Fsp3) is 0.333. The molecule has 11 heteroatoms. The van der Waals surface area contributed by atoms with Crippen LogP contribution in [0.1, 0.15) is 20.3 Å². The van der Waals surface area contributed by atoms with Crippen molar-refractivity contribution < 1.29 is 18.0 Å². The van der Waals surface area contributed by atoms with Crippen molar-refractivity contribution in [2.45, 2.75) is 37.2 Å². The molecule has 2 amide bonds. The second-order valence-corrected chi connectivity index (χ2v) is 7.90. The van der Waals surface area contributed by atoms with Crippen LogP contribution in [-0.4, -0.2) is 47.2 Å². The van der Waals surface area contributed by atoms with E-state index in [1.165, 1.54) is 12.1 Å². The zero-order valence-electron chi connectivity index (χ0n) is 13.9. The summed E-state index contributed by atoms with van der Waals surface area (Å²) in [4.78, 5) is 52.4. The first kappa shape index (κ1) is 18.0. The molecule has 0 bridgehead atoms. The first-order valence-electron chi connectivity index (χ1n) is 7.75. The number of H-pyrrole nitrogens is 2. The van der Waals surface area contributed by atoms with Gasteiger partial charge in [-0.3, -0.25) is 24.3 Å². The van der Waals surface area contributed by atoms with Crippen LogP contribution < -0.4 is 16.0 Å². The predicted molar refractivity (Wildman–Crippen MR) is 90.9 cm³/mol. The van der Waals surface area contributed by atoms with Crippen molar-refractivity contribution in [1.82, 2.24) is 19.6 Å². The lowest BCUT2D eigenvalue weighted by Gasteiger charge is -2.19. The molecule has 3 N–H and O–H groups in total. The third-order valence-electron chi connectivity index (χ3n) is 4.02. The molecular weight excluding hydrogens is 364 g/mol. The molecule has 26 heavy (non-hydrogen) atoms. The van der Waals surface area contributed by atoms with E-state index in [0.29, 0.717) is 0 Å². The van der Waals surface area contributed by atoms with Gasteiger partial charge in [0, 0.05) is 6.04 Å². The van der Waals surface area contributed by atoms with Crippen molar-refractivity contribution >= 4 is 32.7 Å². The van der Waals surface area contributed by atoms with Crippen LogP contribution in [0.3, 0.4) is 0 Å². The highest BCUT2D eigenvalue weighted by Crippen LogP contribution is 2.20. The summed E-state index contributed by atoms with van der Waals surface area (Å²) >= 11 is 0. The molecule has 1 aromatic carbocycles. The standard InChI is InChI=1S/C15H16N4O6S/c1-7(2)19-12(20)6-11(14(19)22)18-26(24,25)8-3-4-10-9(5-8)13(21)17-15(23)16-10/h3-5,7,11,18H,6H2,1-2H3,(H2,16,17,21,23). The van der Waals surface area contributed by atoms with Gasteiger partial charge in [0.2, 0.25) is 21.8 Å². The molecule has 0 spiro atoms. The summed E-state index contributed by atoms with van der Waals surface area (Å²) in [6, 6.07) is 2.00. The average Bonchev–Trinajstić information content (AvgIpc) is 2.80. The quantitative estimate of drug-likeness (QED) is 0.581. The highest BCUT2D eigenvalue weighted by atomic mass is 32.2. The number of rotatable bonds is 4. The monoisotopic (exact) mass is 380 g/mol. The number of nitrogens with zero attached hydrogens (tertiary/aromatic N) is 1. The van der Waals surface area contributed by atoms with Gasteiger partial charge in [-0.05, 0) is 32.0 Å². The minimum absolute atomic E-state index is 0.0230. The smallest absolute Gasteiger partial charge is 0.307 e. The number of fused-ring (bicyclic) bond motifs is 1. The summed E-state index contributed by atoms with van der Waals surface area (Å²) in [7, 11) is -4.16. The lowest BCUT2D eigenvalue weighted by atomic mass is 10.2. The van der Waals surface area contributed by atoms with Crippen molar-refractivity contribution in [3.8, 4) is 0 Å². The molecule has 3 rings (SSSR count). The fourth-order valence-electron chi connectivity index (χ4n) is 2.85. The van der Waals surface area contributed by atoms with Crippen LogP contribution in [-0.2, 0) is 19.6 Å². The first-order valence-corrected chi connectivity index (χ1v) is 9.23. The van der Waals surface area contributed by atoms with Crippen molar-refractivity contribution in [2.75, 3.05) is 0 Å². The van der Waals surface area contributed by atoms with Crippen LogP contribution in [0.5, 0.6) is 0 Å². The molecule has 2 heterocycles. The Bertz CT molecular complexity index is 1130. The Balaban J connectivity index is 1.95. The van der Waals surface area contributed by atoms with E-state index in [-0.39, 0.29) is 28.3 Å². The Hall–Kier alpha value is -2.79. The van der Waals surface area contributed by atoms with Crippen LogP contribution in [0, 0.1) is 0 Å². The number of nitrogens with one attached hydrogen (secondary N) is 3. The van der Waals surface area contributed by atoms with E-state index in [1.807, 2.05) is 4.98 Å². The molecule has 0 aliphatic carbocycles. The van der Waals surface area contributed by atoms with Crippen LogP contribution >= 0.6 is 0 Å². The number of aromatic amines is 2. The molecule has 138 valence electrons. The normalized spacial score (nSPS) is 18.3. The molecule has 1 aliphatic rings. The zero-order valence-corrected chi connectivity index (χ0v) is 14.7. The summed E-state index contributed by atoms with van der Waals surface area (Å²) in [5, 5.41) is -0.0230. The van der Waals surface area contributed by atoms with Crippen LogP contribution in [0.4, 0.5) is 0 Å². The maximum atomic E-state index is 12.6. The number of imide groups is 1. The second kappa shape index (κ2) is 6.18. The maximum Gasteiger partial charge on any atom is 0.326 e. The Morgan fingerprint density at radius 3 is 2.46 bits per heavy atom. The molecule has 0 saturated carbocycles. The molecule has 0 radical (unpaired) electrons. The van der Waals surface area contributed by atoms with Gasteiger partial charge < -0.3 is 4.98 Å². The Morgan fingerprint density at radius 1 is 1.15 bits per heavy atom. The minimum Gasteiger partial charge on any atom is -0.307 e. The van der Waals surface area contributed by atoms with Gasteiger partial charge >= 0.3 is 5.69 Å². The number of hydrogen-bond donors (Lipinski definition) is 3. The van der Waals surface area contributed by atoms with Crippen molar-refractivity contribution in [1.29, 1.82) is 0 Å². The average molecular weight is 380 g/mol. The van der Waals surface area contributed by atoms with Gasteiger partial charge in [0.15, 0.2) is 0 Å². The number of hydrogen-bond acceptors (Lipinski definition) is 6. The number of carbonyl (C=O) groups excluding carboxylic acids is 2. The zero-order chi connectivity index (χ0) is 19.2. The van der Waals surface area contributed by atoms with E-state index in [0.717, 1.165) is 11.0 Å². The number of likely N-dealkylation sites (tertiary alicyclic amines) is 1. The fourth-order valence-corrected chi connectivity index (χ4v) is 4.07. The maximum absolute atomic E-state index is 12.6. The summed E-state index contributed by atoms with van der Waals surface area (Å²) in [6.45, 7) is 3.31. The number of carbonyl (C=O) groups is 2. The molecule has 1 aromatic heterocycles. The van der Waals surface area contributed by atoms with Crippen LogP contribution in [0.2, 0.25) is 0 Å². The van der Waals surface area contributed by atoms with Gasteiger partial charge in [-0.25, -0.2) is 13.2 Å². The number of sulfonamides is 1. The Morgan fingerprint density at radius 2 is 1.85 bits per heavy atom. The Kier molecular flexibility index (Phi) is 4.28. The van der Waals surface area contributed by atoms with Gasteiger partial charge in [-0.15, -0.1) is 0 Å². The Labute approximate surface area is 147 Å². The molecule has 10 nitrogen and oxygen atoms in total. The second-order valence-electron chi connectivity index (χ2n) is 6.19. The van der Waals surface area contributed by atoms with E-state index in [9.17, 15) is 27.6 Å². The van der Waals surface area contributed by atoms with Crippen molar-refractivity contribution in [3.63, 3.8) is 0 Å². The number of benzene rings is 1. The highest BCUT2D eigenvalue weighted by molar-refractivity contribution is 7.89.